The zero-order valence-corrected chi connectivity index (χ0v) is 6.82. The van der Waals surface area contributed by atoms with Gasteiger partial charge in [-0.2, -0.15) is 0 Å². The van der Waals surface area contributed by atoms with Gasteiger partial charge in [-0.25, -0.2) is 8.78 Å². The summed E-state index contributed by atoms with van der Waals surface area (Å²) >= 11 is 0. The molecule has 0 heterocycles. The Bertz CT molecular complexity index is 336. The standard InChI is InChI=1S/C8H7BF2O/c1-4(12)6-2-5(10)3-7(11)8(6)9/h2-3H,9H2,1H3. The van der Waals surface area contributed by atoms with E-state index < -0.39 is 11.6 Å². The van der Waals surface area contributed by atoms with E-state index in [0.717, 1.165) is 12.1 Å². The Hall–Kier alpha value is -1.19. The summed E-state index contributed by atoms with van der Waals surface area (Å²) in [5.74, 6) is -1.73. The van der Waals surface area contributed by atoms with E-state index in [9.17, 15) is 13.6 Å². The van der Waals surface area contributed by atoms with Gasteiger partial charge in [-0.15, -0.1) is 0 Å². The summed E-state index contributed by atoms with van der Waals surface area (Å²) in [7, 11) is 1.45. The van der Waals surface area contributed by atoms with Crippen molar-refractivity contribution in [3.05, 3.63) is 29.3 Å². The van der Waals surface area contributed by atoms with E-state index >= 15 is 0 Å². The predicted molar refractivity (Wildman–Crippen MR) is 44.5 cm³/mol. The van der Waals surface area contributed by atoms with Crippen molar-refractivity contribution in [2.75, 3.05) is 0 Å². The minimum atomic E-state index is -0.719. The van der Waals surface area contributed by atoms with Crippen molar-refractivity contribution in [1.82, 2.24) is 0 Å². The van der Waals surface area contributed by atoms with Gasteiger partial charge in [-0.05, 0) is 18.5 Å². The van der Waals surface area contributed by atoms with Crippen molar-refractivity contribution < 1.29 is 13.6 Å². The van der Waals surface area contributed by atoms with Crippen LogP contribution in [-0.2, 0) is 0 Å². The lowest BCUT2D eigenvalue weighted by molar-refractivity contribution is 0.101. The summed E-state index contributed by atoms with van der Waals surface area (Å²) < 4.78 is 25.4. The molecule has 1 aromatic carbocycles. The monoisotopic (exact) mass is 168 g/mol. The molecule has 4 heteroatoms. The lowest BCUT2D eigenvalue weighted by atomic mass is 9.88. The smallest absolute Gasteiger partial charge is 0.159 e. The molecule has 0 bridgehead atoms. The fourth-order valence-electron chi connectivity index (χ4n) is 1.01. The van der Waals surface area contributed by atoms with Gasteiger partial charge >= 0.3 is 0 Å². The largest absolute Gasteiger partial charge is 0.295 e. The van der Waals surface area contributed by atoms with Gasteiger partial charge < -0.3 is 0 Å². The van der Waals surface area contributed by atoms with Crippen molar-refractivity contribution in [2.45, 2.75) is 6.92 Å². The van der Waals surface area contributed by atoms with E-state index in [-0.39, 0.29) is 16.8 Å². The van der Waals surface area contributed by atoms with E-state index in [1.165, 1.54) is 14.8 Å². The maximum absolute atomic E-state index is 12.8. The normalized spacial score (nSPS) is 9.92. The van der Waals surface area contributed by atoms with Crippen LogP contribution in [0.1, 0.15) is 17.3 Å². The summed E-state index contributed by atoms with van der Waals surface area (Å²) in [6, 6.07) is 1.81. The van der Waals surface area contributed by atoms with Gasteiger partial charge in [-0.1, -0.05) is 0 Å². The predicted octanol–water partition coefficient (Wildman–Crippen LogP) is 0.426. The summed E-state index contributed by atoms with van der Waals surface area (Å²) in [6.07, 6.45) is 0. The Balaban J connectivity index is 3.37. The number of halogens is 2. The van der Waals surface area contributed by atoms with Crippen LogP contribution in [0.4, 0.5) is 8.78 Å². The number of Topliss-reactive ketones (excluding diaryl/α,β-unsaturated/α-hetero) is 1. The molecular weight excluding hydrogens is 161 g/mol. The summed E-state index contributed by atoms with van der Waals surface area (Å²) in [5, 5.41) is 0. The molecule has 0 N–H and O–H groups in total. The number of carbonyl (C=O) groups excluding carboxylic acids is 1. The van der Waals surface area contributed by atoms with Crippen LogP contribution < -0.4 is 5.46 Å². The first-order valence-electron chi connectivity index (χ1n) is 3.49. The quantitative estimate of drug-likeness (QED) is 0.438. The fourth-order valence-corrected chi connectivity index (χ4v) is 1.01. The maximum atomic E-state index is 12.8. The highest BCUT2D eigenvalue weighted by atomic mass is 19.1. The molecule has 0 aliphatic rings. The van der Waals surface area contributed by atoms with Gasteiger partial charge in [0.1, 0.15) is 19.5 Å². The van der Waals surface area contributed by atoms with Gasteiger partial charge in [0.2, 0.25) is 0 Å². The van der Waals surface area contributed by atoms with Crippen LogP contribution >= 0.6 is 0 Å². The fraction of sp³-hybridized carbons (Fsp3) is 0.125. The molecular formula is C8H7BF2O. The average Bonchev–Trinajstić information content (AvgIpc) is 1.96. The van der Waals surface area contributed by atoms with Gasteiger partial charge in [0, 0.05) is 11.6 Å². The van der Waals surface area contributed by atoms with E-state index in [0.29, 0.717) is 0 Å². The molecule has 0 aliphatic heterocycles. The number of hydrogen-bond acceptors (Lipinski definition) is 1. The summed E-state index contributed by atoms with van der Waals surface area (Å²) in [4.78, 5) is 10.8. The number of ketones is 1. The molecule has 62 valence electrons. The third kappa shape index (κ3) is 1.52. The third-order valence-corrected chi connectivity index (χ3v) is 1.69. The molecule has 12 heavy (non-hydrogen) atoms. The molecule has 0 radical (unpaired) electrons. The van der Waals surface area contributed by atoms with Crippen molar-refractivity contribution in [3.8, 4) is 0 Å². The SMILES string of the molecule is Bc1c(F)cc(F)cc1C(C)=O. The summed E-state index contributed by atoms with van der Waals surface area (Å²) in [6.45, 7) is 1.28. The first-order valence-corrected chi connectivity index (χ1v) is 3.49. The number of benzene rings is 1. The highest BCUT2D eigenvalue weighted by molar-refractivity contribution is 6.36. The van der Waals surface area contributed by atoms with Crippen LogP contribution in [-0.4, -0.2) is 13.6 Å². The van der Waals surface area contributed by atoms with Gasteiger partial charge in [0.25, 0.3) is 0 Å². The molecule has 0 atom stereocenters. The van der Waals surface area contributed by atoms with Gasteiger partial charge in [-0.3, -0.25) is 4.79 Å². The zero-order valence-electron chi connectivity index (χ0n) is 6.82. The minimum absolute atomic E-state index is 0.104. The number of rotatable bonds is 1. The van der Waals surface area contributed by atoms with E-state index in [1.807, 2.05) is 0 Å². The van der Waals surface area contributed by atoms with Crippen molar-refractivity contribution in [2.24, 2.45) is 0 Å². The molecule has 0 unspecified atom stereocenters. The second kappa shape index (κ2) is 3.05. The van der Waals surface area contributed by atoms with Crippen LogP contribution in [0.5, 0.6) is 0 Å². The van der Waals surface area contributed by atoms with Crippen LogP contribution in [0.2, 0.25) is 0 Å². The average molecular weight is 168 g/mol. The molecule has 0 amide bonds. The number of carbonyl (C=O) groups is 1. The van der Waals surface area contributed by atoms with E-state index in [4.69, 9.17) is 0 Å². The zero-order chi connectivity index (χ0) is 9.30. The molecule has 0 aliphatic carbocycles. The Morgan fingerprint density at radius 1 is 1.42 bits per heavy atom. The molecule has 1 rings (SSSR count). The molecule has 0 saturated heterocycles. The van der Waals surface area contributed by atoms with Crippen molar-refractivity contribution >= 4 is 19.1 Å². The Morgan fingerprint density at radius 3 is 2.50 bits per heavy atom. The highest BCUT2D eigenvalue weighted by Crippen LogP contribution is 2.04. The first-order chi connectivity index (χ1) is 5.52. The van der Waals surface area contributed by atoms with Crippen LogP contribution in [0, 0.1) is 11.6 Å². The van der Waals surface area contributed by atoms with Crippen molar-refractivity contribution in [1.29, 1.82) is 0 Å². The Labute approximate surface area is 69.8 Å². The van der Waals surface area contributed by atoms with Gasteiger partial charge in [0.05, 0.1) is 0 Å². The van der Waals surface area contributed by atoms with E-state index in [2.05, 4.69) is 0 Å². The molecule has 0 saturated carbocycles. The molecule has 1 nitrogen and oxygen atoms in total. The van der Waals surface area contributed by atoms with E-state index in [1.54, 1.807) is 0 Å². The molecule has 0 aromatic heterocycles. The first kappa shape index (κ1) is 8.91. The lowest BCUT2D eigenvalue weighted by Gasteiger charge is -2.02. The highest BCUT2D eigenvalue weighted by Gasteiger charge is 2.09. The summed E-state index contributed by atoms with van der Waals surface area (Å²) in [5.41, 5.74) is 0.302. The second-order valence-electron chi connectivity index (χ2n) is 2.62. The maximum Gasteiger partial charge on any atom is 0.159 e. The minimum Gasteiger partial charge on any atom is -0.295 e. The molecule has 0 fully saturated rings. The topological polar surface area (TPSA) is 17.1 Å². The third-order valence-electron chi connectivity index (χ3n) is 1.69. The van der Waals surface area contributed by atoms with Gasteiger partial charge in [0.15, 0.2) is 5.78 Å². The Kier molecular flexibility index (Phi) is 2.26. The van der Waals surface area contributed by atoms with Crippen LogP contribution in [0.25, 0.3) is 0 Å². The van der Waals surface area contributed by atoms with Crippen LogP contribution in [0.15, 0.2) is 12.1 Å². The second-order valence-corrected chi connectivity index (χ2v) is 2.62. The number of hydrogen-bond donors (Lipinski definition) is 0. The molecule has 1 aromatic rings. The Morgan fingerprint density at radius 2 is 2.00 bits per heavy atom. The lowest BCUT2D eigenvalue weighted by Crippen LogP contribution is -2.18. The molecule has 0 spiro atoms. The van der Waals surface area contributed by atoms with Crippen molar-refractivity contribution in [3.63, 3.8) is 0 Å². The van der Waals surface area contributed by atoms with Crippen LogP contribution in [0.3, 0.4) is 0 Å².